The van der Waals surface area contributed by atoms with Gasteiger partial charge in [0.15, 0.2) is 0 Å². The molecule has 0 radical (unpaired) electrons. The quantitative estimate of drug-likeness (QED) is 0.630. The lowest BCUT2D eigenvalue weighted by Gasteiger charge is -2.09. The molecule has 1 amide bonds. The number of carbonyl (C=O) groups excluding carboxylic acids is 1. The van der Waals surface area contributed by atoms with Gasteiger partial charge in [0.25, 0.3) is 0 Å². The molecule has 1 aromatic heterocycles. The van der Waals surface area contributed by atoms with Crippen LogP contribution < -0.4 is 0 Å². The molecular formula is C10H11N3O. The summed E-state index contributed by atoms with van der Waals surface area (Å²) in [5.41, 5.74) is 0.839. The Morgan fingerprint density at radius 2 is 2.07 bits per heavy atom. The standard InChI is InChI=1S/C10H11N3O/c1-12(2)10(14)13-9-6-4-3-5-8(9)7-11-13/h3-7H,1-2H3. The van der Waals surface area contributed by atoms with Crippen LogP contribution in [0, 0.1) is 0 Å². The predicted octanol–water partition coefficient (Wildman–Crippen LogP) is 1.57. The summed E-state index contributed by atoms with van der Waals surface area (Å²) in [6.45, 7) is 0. The van der Waals surface area contributed by atoms with Crippen LogP contribution in [0.1, 0.15) is 0 Å². The van der Waals surface area contributed by atoms with Gasteiger partial charge in [-0.1, -0.05) is 18.2 Å². The van der Waals surface area contributed by atoms with Crippen LogP contribution in [0.5, 0.6) is 0 Å². The summed E-state index contributed by atoms with van der Waals surface area (Å²) >= 11 is 0. The van der Waals surface area contributed by atoms with Crippen molar-refractivity contribution in [2.45, 2.75) is 0 Å². The highest BCUT2D eigenvalue weighted by Crippen LogP contribution is 2.12. The van der Waals surface area contributed by atoms with E-state index in [2.05, 4.69) is 5.10 Å². The zero-order valence-corrected chi connectivity index (χ0v) is 8.14. The van der Waals surface area contributed by atoms with Crippen molar-refractivity contribution in [3.8, 4) is 0 Å². The Labute approximate surface area is 81.7 Å². The third kappa shape index (κ3) is 1.25. The van der Waals surface area contributed by atoms with E-state index in [1.807, 2.05) is 24.3 Å². The summed E-state index contributed by atoms with van der Waals surface area (Å²) in [7, 11) is 3.41. The van der Waals surface area contributed by atoms with Crippen LogP contribution in [0.3, 0.4) is 0 Å². The normalized spacial score (nSPS) is 10.4. The Balaban J connectivity index is 2.58. The fourth-order valence-electron chi connectivity index (χ4n) is 1.31. The Morgan fingerprint density at radius 1 is 1.36 bits per heavy atom. The average molecular weight is 189 g/mol. The first-order valence-corrected chi connectivity index (χ1v) is 4.34. The van der Waals surface area contributed by atoms with Crippen molar-refractivity contribution in [1.82, 2.24) is 14.7 Å². The predicted molar refractivity (Wildman–Crippen MR) is 54.2 cm³/mol. The summed E-state index contributed by atoms with van der Waals surface area (Å²) in [5, 5.41) is 5.02. The monoisotopic (exact) mass is 189 g/mol. The first-order chi connectivity index (χ1) is 6.70. The Kier molecular flexibility index (Phi) is 1.96. The van der Waals surface area contributed by atoms with Crippen LogP contribution in [0.15, 0.2) is 30.5 Å². The van der Waals surface area contributed by atoms with Crippen LogP contribution in [0.25, 0.3) is 10.9 Å². The van der Waals surface area contributed by atoms with E-state index in [0.29, 0.717) is 0 Å². The van der Waals surface area contributed by atoms with Gasteiger partial charge in [-0.3, -0.25) is 0 Å². The number of benzene rings is 1. The van der Waals surface area contributed by atoms with Gasteiger partial charge in [-0.15, -0.1) is 0 Å². The van der Waals surface area contributed by atoms with Crippen molar-refractivity contribution < 1.29 is 4.79 Å². The van der Waals surface area contributed by atoms with Crippen molar-refractivity contribution in [2.75, 3.05) is 14.1 Å². The molecule has 4 heteroatoms. The van der Waals surface area contributed by atoms with E-state index in [-0.39, 0.29) is 6.03 Å². The number of fused-ring (bicyclic) bond motifs is 1. The minimum atomic E-state index is -0.133. The molecule has 0 aliphatic carbocycles. The summed E-state index contributed by atoms with van der Waals surface area (Å²) < 4.78 is 1.40. The first kappa shape index (κ1) is 8.74. The maximum Gasteiger partial charge on any atom is 0.344 e. The maximum absolute atomic E-state index is 11.6. The van der Waals surface area contributed by atoms with E-state index in [1.54, 1.807) is 20.3 Å². The molecule has 0 saturated heterocycles. The lowest BCUT2D eigenvalue weighted by atomic mass is 10.3. The minimum absolute atomic E-state index is 0.133. The lowest BCUT2D eigenvalue weighted by molar-refractivity contribution is 0.217. The fraction of sp³-hybridized carbons (Fsp3) is 0.200. The van der Waals surface area contributed by atoms with Crippen LogP contribution >= 0.6 is 0 Å². The van der Waals surface area contributed by atoms with Crippen molar-refractivity contribution in [3.05, 3.63) is 30.5 Å². The molecule has 0 bridgehead atoms. The zero-order valence-electron chi connectivity index (χ0n) is 8.14. The highest BCUT2D eigenvalue weighted by molar-refractivity contribution is 5.89. The van der Waals surface area contributed by atoms with Crippen LogP contribution in [-0.4, -0.2) is 34.8 Å². The van der Waals surface area contributed by atoms with E-state index in [1.165, 1.54) is 9.58 Å². The van der Waals surface area contributed by atoms with E-state index in [0.717, 1.165) is 10.9 Å². The maximum atomic E-state index is 11.6. The molecule has 0 unspecified atom stereocenters. The highest BCUT2D eigenvalue weighted by Gasteiger charge is 2.10. The molecule has 0 saturated carbocycles. The van der Waals surface area contributed by atoms with Gasteiger partial charge in [-0.05, 0) is 6.07 Å². The number of para-hydroxylation sites is 1. The van der Waals surface area contributed by atoms with E-state index in [4.69, 9.17) is 0 Å². The summed E-state index contributed by atoms with van der Waals surface area (Å²) in [6, 6.07) is 7.50. The Hall–Kier alpha value is -1.84. The molecule has 0 atom stereocenters. The lowest BCUT2D eigenvalue weighted by Crippen LogP contribution is -2.27. The largest absolute Gasteiger partial charge is 0.344 e. The van der Waals surface area contributed by atoms with Crippen molar-refractivity contribution in [1.29, 1.82) is 0 Å². The van der Waals surface area contributed by atoms with Gasteiger partial charge < -0.3 is 4.90 Å². The van der Waals surface area contributed by atoms with E-state index in [9.17, 15) is 4.79 Å². The van der Waals surface area contributed by atoms with Gasteiger partial charge in [0.2, 0.25) is 0 Å². The van der Waals surface area contributed by atoms with E-state index < -0.39 is 0 Å². The number of hydrogen-bond acceptors (Lipinski definition) is 2. The van der Waals surface area contributed by atoms with Gasteiger partial charge in [0, 0.05) is 19.5 Å². The summed E-state index contributed by atoms with van der Waals surface area (Å²) in [4.78, 5) is 13.1. The van der Waals surface area contributed by atoms with Crippen LogP contribution in [0.4, 0.5) is 4.79 Å². The molecule has 4 nitrogen and oxygen atoms in total. The summed E-state index contributed by atoms with van der Waals surface area (Å²) in [5.74, 6) is 0. The molecular weight excluding hydrogens is 178 g/mol. The third-order valence-electron chi connectivity index (χ3n) is 2.04. The molecule has 14 heavy (non-hydrogen) atoms. The average Bonchev–Trinajstić information content (AvgIpc) is 2.60. The molecule has 0 aliphatic heterocycles. The first-order valence-electron chi connectivity index (χ1n) is 4.34. The minimum Gasteiger partial charge on any atom is -0.329 e. The molecule has 0 spiro atoms. The number of amides is 1. The molecule has 2 aromatic rings. The van der Waals surface area contributed by atoms with Gasteiger partial charge in [-0.25, -0.2) is 4.79 Å². The van der Waals surface area contributed by atoms with Crippen molar-refractivity contribution >= 4 is 16.9 Å². The van der Waals surface area contributed by atoms with Gasteiger partial charge in [0.05, 0.1) is 11.7 Å². The zero-order chi connectivity index (χ0) is 10.1. The molecule has 0 N–H and O–H groups in total. The molecule has 72 valence electrons. The van der Waals surface area contributed by atoms with Gasteiger partial charge in [0.1, 0.15) is 0 Å². The molecule has 2 rings (SSSR count). The number of aromatic nitrogens is 2. The third-order valence-corrected chi connectivity index (χ3v) is 2.04. The number of rotatable bonds is 0. The number of nitrogens with zero attached hydrogens (tertiary/aromatic N) is 3. The summed E-state index contributed by atoms with van der Waals surface area (Å²) in [6.07, 6.45) is 1.69. The topological polar surface area (TPSA) is 38.1 Å². The second kappa shape index (κ2) is 3.14. The van der Waals surface area contributed by atoms with Gasteiger partial charge >= 0.3 is 6.03 Å². The smallest absolute Gasteiger partial charge is 0.329 e. The second-order valence-electron chi connectivity index (χ2n) is 3.29. The molecule has 1 heterocycles. The molecule has 0 aliphatic rings. The Bertz CT molecular complexity index is 473. The second-order valence-corrected chi connectivity index (χ2v) is 3.29. The Morgan fingerprint density at radius 3 is 2.79 bits per heavy atom. The molecule has 0 fully saturated rings. The van der Waals surface area contributed by atoms with Crippen molar-refractivity contribution in [3.63, 3.8) is 0 Å². The fourth-order valence-corrected chi connectivity index (χ4v) is 1.31. The van der Waals surface area contributed by atoms with Crippen LogP contribution in [0.2, 0.25) is 0 Å². The SMILES string of the molecule is CN(C)C(=O)n1ncc2ccccc21. The van der Waals surface area contributed by atoms with Gasteiger partial charge in [-0.2, -0.15) is 9.78 Å². The molecule has 1 aromatic carbocycles. The highest BCUT2D eigenvalue weighted by atomic mass is 16.2. The van der Waals surface area contributed by atoms with Crippen molar-refractivity contribution in [2.24, 2.45) is 0 Å². The number of carbonyl (C=O) groups is 1. The van der Waals surface area contributed by atoms with E-state index >= 15 is 0 Å². The van der Waals surface area contributed by atoms with Crippen LogP contribution in [-0.2, 0) is 0 Å². The number of hydrogen-bond donors (Lipinski definition) is 0.